The molecule has 3 rings (SSSR count). The molecule has 1 heterocycles. The highest BCUT2D eigenvalue weighted by Crippen LogP contribution is 2.42. The number of rotatable bonds is 15. The molecule has 0 spiro atoms. The second kappa shape index (κ2) is 14.6. The average Bonchev–Trinajstić information content (AvgIpc) is 3.22. The Labute approximate surface area is 232 Å². The normalized spacial score (nSPS) is 16.7. The molecule has 212 valence electrons. The lowest BCUT2D eigenvalue weighted by molar-refractivity contribution is -0.140. The van der Waals surface area contributed by atoms with Crippen LogP contribution in [0.1, 0.15) is 63.1 Å². The van der Waals surface area contributed by atoms with E-state index in [-0.39, 0.29) is 11.3 Å². The molecule has 1 saturated heterocycles. The van der Waals surface area contributed by atoms with Crippen LogP contribution in [0.15, 0.2) is 48.0 Å². The van der Waals surface area contributed by atoms with Crippen LogP contribution in [0.3, 0.4) is 0 Å². The lowest BCUT2D eigenvalue weighted by Crippen LogP contribution is -2.34. The molecule has 39 heavy (non-hydrogen) atoms. The zero-order chi connectivity index (χ0) is 28.4. The van der Waals surface area contributed by atoms with Crippen LogP contribution in [-0.4, -0.2) is 74.1 Å². The van der Waals surface area contributed by atoms with Gasteiger partial charge in [-0.2, -0.15) is 0 Å². The number of nitrogens with zero attached hydrogens (tertiary/aromatic N) is 2. The Kier molecular flexibility index (Phi) is 11.2. The minimum absolute atomic E-state index is 0.0613. The number of benzene rings is 2. The summed E-state index contributed by atoms with van der Waals surface area (Å²) in [5, 5.41) is 11.3. The van der Waals surface area contributed by atoms with Crippen LogP contribution in [0.4, 0.5) is 0 Å². The van der Waals surface area contributed by atoms with Gasteiger partial charge >= 0.3 is 0 Å². The van der Waals surface area contributed by atoms with Gasteiger partial charge in [-0.1, -0.05) is 32.8 Å². The van der Waals surface area contributed by atoms with Crippen molar-refractivity contribution in [2.45, 2.75) is 52.0 Å². The third-order valence-corrected chi connectivity index (χ3v) is 7.16. The van der Waals surface area contributed by atoms with Gasteiger partial charge in [0.15, 0.2) is 11.5 Å². The average molecular weight is 539 g/mol. The van der Waals surface area contributed by atoms with Gasteiger partial charge in [-0.15, -0.1) is 0 Å². The maximum Gasteiger partial charge on any atom is 0.295 e. The summed E-state index contributed by atoms with van der Waals surface area (Å²) in [7, 11) is 4.65. The number of carbonyl (C=O) groups excluding carboxylic acids is 2. The first-order valence-corrected chi connectivity index (χ1v) is 13.8. The van der Waals surface area contributed by atoms with Gasteiger partial charge in [0.1, 0.15) is 11.5 Å². The molecule has 8 heteroatoms. The zero-order valence-electron chi connectivity index (χ0n) is 23.9. The smallest absolute Gasteiger partial charge is 0.295 e. The quantitative estimate of drug-likeness (QED) is 0.184. The third kappa shape index (κ3) is 7.12. The Bertz CT molecular complexity index is 1140. The van der Waals surface area contributed by atoms with Gasteiger partial charge in [-0.25, -0.2) is 0 Å². The van der Waals surface area contributed by atoms with Crippen LogP contribution in [0, 0.1) is 0 Å². The molecule has 1 N–H and O–H groups in total. The number of ketones is 1. The van der Waals surface area contributed by atoms with Crippen LogP contribution in [-0.2, 0) is 9.59 Å². The first kappa shape index (κ1) is 30.0. The van der Waals surface area contributed by atoms with Crippen LogP contribution < -0.4 is 14.2 Å². The number of aliphatic hydroxyl groups excluding tert-OH is 1. The summed E-state index contributed by atoms with van der Waals surface area (Å²) in [6.07, 6.45) is 5.22. The summed E-state index contributed by atoms with van der Waals surface area (Å²) in [4.78, 5) is 30.8. The van der Waals surface area contributed by atoms with Gasteiger partial charge in [-0.05, 0) is 80.9 Å². The van der Waals surface area contributed by atoms with E-state index in [4.69, 9.17) is 14.2 Å². The van der Waals surface area contributed by atoms with Crippen molar-refractivity contribution in [1.82, 2.24) is 9.80 Å². The predicted octanol–water partition coefficient (Wildman–Crippen LogP) is 5.43. The molecule has 1 fully saturated rings. The molecule has 0 bridgehead atoms. The van der Waals surface area contributed by atoms with E-state index in [1.165, 1.54) is 7.11 Å². The van der Waals surface area contributed by atoms with E-state index in [2.05, 4.69) is 18.7 Å². The van der Waals surface area contributed by atoms with Gasteiger partial charge in [0.2, 0.25) is 0 Å². The maximum absolute atomic E-state index is 13.4. The van der Waals surface area contributed by atoms with Gasteiger partial charge in [-0.3, -0.25) is 9.59 Å². The molecule has 0 unspecified atom stereocenters. The molecule has 8 nitrogen and oxygen atoms in total. The van der Waals surface area contributed by atoms with Crippen LogP contribution in [0.25, 0.3) is 5.76 Å². The van der Waals surface area contributed by atoms with Gasteiger partial charge in [0.05, 0.1) is 32.9 Å². The van der Waals surface area contributed by atoms with Crippen LogP contribution in [0.2, 0.25) is 0 Å². The number of ether oxygens (including phenoxy) is 3. The Hall–Kier alpha value is -3.52. The van der Waals surface area contributed by atoms with E-state index in [0.29, 0.717) is 41.3 Å². The second-order valence-corrected chi connectivity index (χ2v) is 9.74. The second-order valence-electron chi connectivity index (χ2n) is 9.74. The monoisotopic (exact) mass is 538 g/mol. The summed E-state index contributed by atoms with van der Waals surface area (Å²) in [5.41, 5.74) is 1.16. The number of hydrogen-bond acceptors (Lipinski definition) is 7. The molecule has 2 aromatic carbocycles. The van der Waals surface area contributed by atoms with Crippen molar-refractivity contribution in [1.29, 1.82) is 0 Å². The Morgan fingerprint density at radius 1 is 0.846 bits per heavy atom. The lowest BCUT2D eigenvalue weighted by atomic mass is 9.95. The standard InChI is InChI=1S/C31H42N2O6/c1-6-8-17-32(18-9-7-2)19-10-20-33-28(23-13-16-25(38-4)26(21-23)39-5)27(30(35)31(33)36)29(34)22-11-14-24(37-3)15-12-22/h11-16,21,28,34H,6-10,17-20H2,1-5H3/t28-/m0/s1. The van der Waals surface area contributed by atoms with E-state index in [9.17, 15) is 14.7 Å². The number of aliphatic hydroxyl groups is 1. The van der Waals surface area contributed by atoms with Crippen molar-refractivity contribution >= 4 is 17.4 Å². The Balaban J connectivity index is 1.99. The number of methoxy groups -OCH3 is 3. The molecular formula is C31H42N2O6. The van der Waals surface area contributed by atoms with Crippen molar-refractivity contribution in [2.75, 3.05) is 47.5 Å². The van der Waals surface area contributed by atoms with Gasteiger partial charge in [0.25, 0.3) is 11.7 Å². The van der Waals surface area contributed by atoms with Crippen molar-refractivity contribution in [3.63, 3.8) is 0 Å². The van der Waals surface area contributed by atoms with Crippen molar-refractivity contribution < 1.29 is 28.9 Å². The van der Waals surface area contributed by atoms with Crippen molar-refractivity contribution in [2.24, 2.45) is 0 Å². The first-order chi connectivity index (χ1) is 18.9. The third-order valence-electron chi connectivity index (χ3n) is 7.16. The first-order valence-electron chi connectivity index (χ1n) is 13.8. The van der Waals surface area contributed by atoms with Crippen molar-refractivity contribution in [3.8, 4) is 17.2 Å². The largest absolute Gasteiger partial charge is 0.507 e. The number of unbranched alkanes of at least 4 members (excludes halogenated alkanes) is 2. The van der Waals surface area contributed by atoms with E-state index in [0.717, 1.165) is 45.3 Å². The number of Topliss-reactive ketones (excluding diaryl/α,β-unsaturated/α-hetero) is 1. The highest BCUT2D eigenvalue weighted by molar-refractivity contribution is 6.46. The zero-order valence-corrected chi connectivity index (χ0v) is 23.9. The SMILES string of the molecule is CCCCN(CCCC)CCCN1C(=O)C(=O)C(=C(O)c2ccc(OC)cc2)[C@@H]1c1ccc(OC)c(OC)c1. The minimum Gasteiger partial charge on any atom is -0.507 e. The highest BCUT2D eigenvalue weighted by atomic mass is 16.5. The molecule has 0 aliphatic carbocycles. The molecule has 0 saturated carbocycles. The topological polar surface area (TPSA) is 88.5 Å². The molecule has 1 aliphatic heterocycles. The number of hydrogen-bond donors (Lipinski definition) is 1. The van der Waals surface area contributed by atoms with E-state index in [1.54, 1.807) is 61.6 Å². The maximum atomic E-state index is 13.4. The molecule has 1 aliphatic rings. The number of amides is 1. The number of likely N-dealkylation sites (tertiary alicyclic amines) is 1. The molecule has 0 aromatic heterocycles. The fourth-order valence-electron chi connectivity index (χ4n) is 4.95. The molecule has 0 radical (unpaired) electrons. The fourth-order valence-corrected chi connectivity index (χ4v) is 4.95. The Morgan fingerprint density at radius 3 is 2.03 bits per heavy atom. The summed E-state index contributed by atoms with van der Waals surface area (Å²) < 4.78 is 16.1. The molecule has 1 atom stereocenters. The van der Waals surface area contributed by atoms with Crippen molar-refractivity contribution in [3.05, 3.63) is 59.2 Å². The predicted molar refractivity (Wildman–Crippen MR) is 152 cm³/mol. The van der Waals surface area contributed by atoms with Gasteiger partial charge < -0.3 is 29.1 Å². The van der Waals surface area contributed by atoms with Crippen LogP contribution >= 0.6 is 0 Å². The lowest BCUT2D eigenvalue weighted by Gasteiger charge is -2.28. The summed E-state index contributed by atoms with van der Waals surface area (Å²) in [6.45, 7) is 7.63. The molecule has 2 aromatic rings. The number of carbonyl (C=O) groups is 2. The van der Waals surface area contributed by atoms with Gasteiger partial charge in [0, 0.05) is 12.1 Å². The van der Waals surface area contributed by atoms with E-state index < -0.39 is 17.7 Å². The summed E-state index contributed by atoms with van der Waals surface area (Å²) in [6, 6.07) is 11.3. The fraction of sp³-hybridized carbons (Fsp3) is 0.484. The van der Waals surface area contributed by atoms with Crippen LogP contribution in [0.5, 0.6) is 17.2 Å². The van der Waals surface area contributed by atoms with E-state index in [1.807, 2.05) is 0 Å². The molecule has 1 amide bonds. The van der Waals surface area contributed by atoms with E-state index >= 15 is 0 Å². The summed E-state index contributed by atoms with van der Waals surface area (Å²) in [5.74, 6) is 0.117. The minimum atomic E-state index is -0.758. The summed E-state index contributed by atoms with van der Waals surface area (Å²) >= 11 is 0. The Morgan fingerprint density at radius 2 is 1.46 bits per heavy atom. The highest BCUT2D eigenvalue weighted by Gasteiger charge is 2.46. The molecular weight excluding hydrogens is 496 g/mol.